The molecule has 1 N–H and O–H groups in total. The molecule has 1 heterocycles. The van der Waals surface area contributed by atoms with Crippen molar-refractivity contribution in [3.05, 3.63) is 35.9 Å². The van der Waals surface area contributed by atoms with Crippen molar-refractivity contribution in [2.45, 2.75) is 45.4 Å². The van der Waals surface area contributed by atoms with Gasteiger partial charge in [0, 0.05) is 20.0 Å². The number of hydrogen-bond donors (Lipinski definition) is 1. The molecule has 4 heteroatoms. The van der Waals surface area contributed by atoms with E-state index >= 15 is 0 Å². The van der Waals surface area contributed by atoms with Gasteiger partial charge in [0.15, 0.2) is 0 Å². The first-order valence-corrected chi connectivity index (χ1v) is 9.15. The van der Waals surface area contributed by atoms with Crippen molar-refractivity contribution in [1.82, 2.24) is 10.2 Å². The summed E-state index contributed by atoms with van der Waals surface area (Å²) >= 11 is 0. The molecule has 0 bridgehead atoms. The van der Waals surface area contributed by atoms with Crippen LogP contribution in [0.15, 0.2) is 30.3 Å². The number of carbonyl (C=O) groups is 1. The van der Waals surface area contributed by atoms with Crippen LogP contribution in [0.2, 0.25) is 0 Å². The Balaban J connectivity index is 0.00000288. The molecular formula is C20H33ClN2O. The van der Waals surface area contributed by atoms with Gasteiger partial charge in [0.05, 0.1) is 0 Å². The van der Waals surface area contributed by atoms with Gasteiger partial charge in [-0.1, -0.05) is 37.3 Å². The average molecular weight is 353 g/mol. The van der Waals surface area contributed by atoms with E-state index in [9.17, 15) is 4.79 Å². The summed E-state index contributed by atoms with van der Waals surface area (Å²) in [4.78, 5) is 14.3. The first-order valence-electron chi connectivity index (χ1n) is 9.15. The number of amides is 1. The lowest BCUT2D eigenvalue weighted by Crippen LogP contribution is -2.34. The van der Waals surface area contributed by atoms with Crippen LogP contribution in [0.4, 0.5) is 0 Å². The predicted octanol–water partition coefficient (Wildman–Crippen LogP) is 3.92. The Hall–Kier alpha value is -1.06. The van der Waals surface area contributed by atoms with Crippen LogP contribution in [-0.4, -0.2) is 37.5 Å². The van der Waals surface area contributed by atoms with Gasteiger partial charge in [0.1, 0.15) is 0 Å². The van der Waals surface area contributed by atoms with E-state index in [4.69, 9.17) is 0 Å². The minimum atomic E-state index is 0. The molecular weight excluding hydrogens is 320 g/mol. The van der Waals surface area contributed by atoms with Crippen molar-refractivity contribution in [3.63, 3.8) is 0 Å². The van der Waals surface area contributed by atoms with Crippen LogP contribution in [0.25, 0.3) is 0 Å². The quantitative estimate of drug-likeness (QED) is 0.719. The van der Waals surface area contributed by atoms with Crippen LogP contribution < -0.4 is 5.32 Å². The van der Waals surface area contributed by atoms with Crippen LogP contribution in [0.3, 0.4) is 0 Å². The maximum absolute atomic E-state index is 12.4. The zero-order chi connectivity index (χ0) is 16.5. The molecule has 1 unspecified atom stereocenters. The summed E-state index contributed by atoms with van der Waals surface area (Å²) in [6.07, 6.45) is 6.48. The van der Waals surface area contributed by atoms with Gasteiger partial charge in [-0.15, -0.1) is 12.4 Å². The van der Waals surface area contributed by atoms with E-state index < -0.39 is 0 Å². The molecule has 136 valence electrons. The van der Waals surface area contributed by atoms with Gasteiger partial charge in [-0.05, 0) is 62.6 Å². The van der Waals surface area contributed by atoms with Gasteiger partial charge in [0.2, 0.25) is 5.91 Å². The SMILES string of the molecule is CC(CC(=O)N(C)CCCCc1ccccc1)C1CCNCC1.Cl. The highest BCUT2D eigenvalue weighted by Crippen LogP contribution is 2.24. The van der Waals surface area contributed by atoms with Crippen molar-refractivity contribution in [3.8, 4) is 0 Å². The van der Waals surface area contributed by atoms with Crippen LogP contribution in [0, 0.1) is 11.8 Å². The van der Waals surface area contributed by atoms with Gasteiger partial charge in [-0.2, -0.15) is 0 Å². The Labute approximate surface area is 153 Å². The molecule has 3 nitrogen and oxygen atoms in total. The Morgan fingerprint density at radius 1 is 1.21 bits per heavy atom. The number of hydrogen-bond acceptors (Lipinski definition) is 2. The molecule has 1 fully saturated rings. The van der Waals surface area contributed by atoms with Crippen LogP contribution in [-0.2, 0) is 11.2 Å². The summed E-state index contributed by atoms with van der Waals surface area (Å²) in [5.41, 5.74) is 1.39. The van der Waals surface area contributed by atoms with Crippen molar-refractivity contribution in [2.24, 2.45) is 11.8 Å². The van der Waals surface area contributed by atoms with Gasteiger partial charge in [0.25, 0.3) is 0 Å². The fourth-order valence-electron chi connectivity index (χ4n) is 3.46. The van der Waals surface area contributed by atoms with E-state index in [2.05, 4.69) is 42.6 Å². The number of aryl methyl sites for hydroxylation is 1. The van der Waals surface area contributed by atoms with Crippen molar-refractivity contribution in [2.75, 3.05) is 26.7 Å². The summed E-state index contributed by atoms with van der Waals surface area (Å²) in [5.74, 6) is 1.54. The molecule has 2 rings (SSSR count). The highest BCUT2D eigenvalue weighted by molar-refractivity contribution is 5.85. The second-order valence-electron chi connectivity index (χ2n) is 7.03. The molecule has 1 aromatic carbocycles. The largest absolute Gasteiger partial charge is 0.346 e. The van der Waals surface area contributed by atoms with Crippen molar-refractivity contribution in [1.29, 1.82) is 0 Å². The fourth-order valence-corrected chi connectivity index (χ4v) is 3.46. The zero-order valence-electron chi connectivity index (χ0n) is 15.2. The lowest BCUT2D eigenvalue weighted by atomic mass is 9.84. The molecule has 0 spiro atoms. The molecule has 0 radical (unpaired) electrons. The van der Waals surface area contributed by atoms with E-state index in [0.717, 1.165) is 38.9 Å². The number of nitrogens with one attached hydrogen (secondary N) is 1. The molecule has 24 heavy (non-hydrogen) atoms. The fraction of sp³-hybridized carbons (Fsp3) is 0.650. The standard InChI is InChI=1S/C20H32N2O.ClH/c1-17(19-11-13-21-14-12-19)16-20(23)22(2)15-7-6-10-18-8-4-3-5-9-18;/h3-5,8-9,17,19,21H,6-7,10-16H2,1-2H3;1H. The molecule has 0 aliphatic carbocycles. The van der Waals surface area contributed by atoms with Crippen molar-refractivity contribution < 1.29 is 4.79 Å². The van der Waals surface area contributed by atoms with Crippen LogP contribution >= 0.6 is 12.4 Å². The monoisotopic (exact) mass is 352 g/mol. The highest BCUT2D eigenvalue weighted by Gasteiger charge is 2.23. The molecule has 1 aliphatic heterocycles. The number of halogens is 1. The third-order valence-electron chi connectivity index (χ3n) is 5.16. The number of unbranched alkanes of at least 4 members (excludes halogenated alkanes) is 1. The third kappa shape index (κ3) is 7.23. The minimum Gasteiger partial charge on any atom is -0.346 e. The van der Waals surface area contributed by atoms with E-state index in [1.165, 1.54) is 18.4 Å². The van der Waals surface area contributed by atoms with Crippen molar-refractivity contribution >= 4 is 18.3 Å². The highest BCUT2D eigenvalue weighted by atomic mass is 35.5. The molecule has 0 aromatic heterocycles. The molecule has 1 atom stereocenters. The minimum absolute atomic E-state index is 0. The summed E-state index contributed by atoms with van der Waals surface area (Å²) in [6, 6.07) is 10.6. The zero-order valence-corrected chi connectivity index (χ0v) is 16.0. The topological polar surface area (TPSA) is 32.3 Å². The summed E-state index contributed by atoms with van der Waals surface area (Å²) < 4.78 is 0. The summed E-state index contributed by atoms with van der Waals surface area (Å²) in [7, 11) is 1.96. The maximum atomic E-state index is 12.4. The Morgan fingerprint density at radius 2 is 1.88 bits per heavy atom. The number of benzene rings is 1. The number of piperidine rings is 1. The van der Waals surface area contributed by atoms with E-state index in [1.54, 1.807) is 0 Å². The molecule has 1 aliphatic rings. The first kappa shape index (κ1) is 21.0. The Kier molecular flexibility index (Phi) is 10.0. The van der Waals surface area contributed by atoms with Gasteiger partial charge < -0.3 is 10.2 Å². The second kappa shape index (κ2) is 11.5. The summed E-state index contributed by atoms with van der Waals surface area (Å²) in [6.45, 7) is 5.35. The maximum Gasteiger partial charge on any atom is 0.222 e. The van der Waals surface area contributed by atoms with Crippen LogP contribution in [0.5, 0.6) is 0 Å². The number of rotatable bonds is 8. The first-order chi connectivity index (χ1) is 11.2. The molecule has 1 saturated heterocycles. The smallest absolute Gasteiger partial charge is 0.222 e. The number of carbonyl (C=O) groups excluding carboxylic acids is 1. The number of nitrogens with zero attached hydrogens (tertiary/aromatic N) is 1. The van der Waals surface area contributed by atoms with Gasteiger partial charge >= 0.3 is 0 Å². The lowest BCUT2D eigenvalue weighted by Gasteiger charge is -2.29. The van der Waals surface area contributed by atoms with E-state index in [-0.39, 0.29) is 12.4 Å². The molecule has 1 aromatic rings. The van der Waals surface area contributed by atoms with E-state index in [0.29, 0.717) is 24.2 Å². The predicted molar refractivity (Wildman–Crippen MR) is 104 cm³/mol. The second-order valence-corrected chi connectivity index (χ2v) is 7.03. The third-order valence-corrected chi connectivity index (χ3v) is 5.16. The van der Waals surface area contributed by atoms with Gasteiger partial charge in [-0.25, -0.2) is 0 Å². The average Bonchev–Trinajstić information content (AvgIpc) is 2.60. The summed E-state index contributed by atoms with van der Waals surface area (Å²) in [5, 5.41) is 3.40. The lowest BCUT2D eigenvalue weighted by molar-refractivity contribution is -0.131. The molecule has 1 amide bonds. The molecule has 0 saturated carbocycles. The van der Waals surface area contributed by atoms with Crippen LogP contribution in [0.1, 0.15) is 44.6 Å². The Bertz CT molecular complexity index is 460. The Morgan fingerprint density at radius 3 is 2.54 bits per heavy atom. The normalized spacial score (nSPS) is 16.2. The van der Waals surface area contributed by atoms with Gasteiger partial charge in [-0.3, -0.25) is 4.79 Å². The van der Waals surface area contributed by atoms with E-state index in [1.807, 2.05) is 11.9 Å².